The van der Waals surface area contributed by atoms with Crippen molar-refractivity contribution in [3.05, 3.63) is 16.9 Å². The van der Waals surface area contributed by atoms with Crippen LogP contribution >= 0.6 is 11.6 Å². The Balaban J connectivity index is 2.08. The maximum Gasteiger partial charge on any atom is 0.391 e. The van der Waals surface area contributed by atoms with Gasteiger partial charge in [0.15, 0.2) is 0 Å². The Kier molecular flexibility index (Phi) is 4.64. The number of nitrogens with one attached hydrogen (secondary N) is 1. The fraction of sp³-hybridized carbons (Fsp3) is 0.769. The molecule has 1 aliphatic carbocycles. The highest BCUT2D eigenvalue weighted by Crippen LogP contribution is 2.43. The summed E-state index contributed by atoms with van der Waals surface area (Å²) in [5, 5.41) is 7.84. The number of alkyl halides is 3. The normalized spacial score (nSPS) is 25.7. The van der Waals surface area contributed by atoms with Gasteiger partial charge in [-0.25, -0.2) is 0 Å². The Hall–Kier alpha value is -0.750. The summed E-state index contributed by atoms with van der Waals surface area (Å²) in [6.45, 7) is 0. The Morgan fingerprint density at radius 1 is 1.35 bits per heavy atom. The van der Waals surface area contributed by atoms with Crippen LogP contribution in [0.4, 0.5) is 13.2 Å². The summed E-state index contributed by atoms with van der Waals surface area (Å²) in [7, 11) is 3.61. The van der Waals surface area contributed by atoms with Crippen molar-refractivity contribution in [2.24, 2.45) is 18.9 Å². The molecule has 0 radical (unpaired) electrons. The van der Waals surface area contributed by atoms with E-state index in [4.69, 9.17) is 11.6 Å². The van der Waals surface area contributed by atoms with E-state index >= 15 is 0 Å². The van der Waals surface area contributed by atoms with Gasteiger partial charge in [-0.3, -0.25) is 4.68 Å². The Morgan fingerprint density at radius 2 is 1.95 bits per heavy atom. The van der Waals surface area contributed by atoms with Crippen LogP contribution in [0.5, 0.6) is 0 Å². The van der Waals surface area contributed by atoms with Crippen LogP contribution in [0.25, 0.3) is 0 Å². The zero-order valence-corrected chi connectivity index (χ0v) is 12.3. The molecular weight excluding hydrogens is 291 g/mol. The van der Waals surface area contributed by atoms with E-state index in [-0.39, 0.29) is 24.8 Å². The largest absolute Gasteiger partial charge is 0.391 e. The zero-order chi connectivity index (χ0) is 14.9. The first-order valence-electron chi connectivity index (χ1n) is 6.76. The molecule has 1 aromatic heterocycles. The van der Waals surface area contributed by atoms with Gasteiger partial charge in [-0.1, -0.05) is 11.6 Å². The van der Waals surface area contributed by atoms with Crippen LogP contribution in [0, 0.1) is 11.8 Å². The quantitative estimate of drug-likeness (QED) is 0.922. The van der Waals surface area contributed by atoms with E-state index in [0.717, 1.165) is 5.69 Å². The van der Waals surface area contributed by atoms with Crippen molar-refractivity contribution in [1.29, 1.82) is 0 Å². The van der Waals surface area contributed by atoms with Crippen molar-refractivity contribution >= 4 is 11.6 Å². The smallest absolute Gasteiger partial charge is 0.311 e. The highest BCUT2D eigenvalue weighted by atomic mass is 35.5. The van der Waals surface area contributed by atoms with Gasteiger partial charge in [0.05, 0.1) is 28.9 Å². The van der Waals surface area contributed by atoms with Gasteiger partial charge >= 0.3 is 6.18 Å². The van der Waals surface area contributed by atoms with Crippen molar-refractivity contribution in [3.63, 3.8) is 0 Å². The van der Waals surface area contributed by atoms with E-state index in [0.29, 0.717) is 17.9 Å². The highest BCUT2D eigenvalue weighted by Gasteiger charge is 2.43. The molecule has 2 rings (SSSR count). The van der Waals surface area contributed by atoms with Crippen LogP contribution in [-0.4, -0.2) is 23.0 Å². The van der Waals surface area contributed by atoms with Crippen molar-refractivity contribution in [3.8, 4) is 0 Å². The Bertz CT molecular complexity index is 431. The fourth-order valence-electron chi connectivity index (χ4n) is 3.15. The minimum absolute atomic E-state index is 0.0517. The van der Waals surface area contributed by atoms with Gasteiger partial charge < -0.3 is 5.32 Å². The summed E-state index contributed by atoms with van der Waals surface area (Å²) in [5.41, 5.74) is 0.852. The van der Waals surface area contributed by atoms with E-state index in [9.17, 15) is 13.2 Å². The molecule has 1 N–H and O–H groups in total. The molecule has 0 spiro atoms. The first kappa shape index (κ1) is 15.6. The van der Waals surface area contributed by atoms with Gasteiger partial charge in [-0.05, 0) is 38.6 Å². The number of hydrogen-bond donors (Lipinski definition) is 1. The lowest BCUT2D eigenvalue weighted by molar-refractivity contribution is -0.184. The molecule has 1 aromatic rings. The second-order valence-corrected chi connectivity index (χ2v) is 5.83. The van der Waals surface area contributed by atoms with E-state index in [2.05, 4.69) is 10.4 Å². The van der Waals surface area contributed by atoms with Crippen LogP contribution in [0.1, 0.15) is 37.4 Å². The third-order valence-corrected chi connectivity index (χ3v) is 4.54. The van der Waals surface area contributed by atoms with Gasteiger partial charge in [-0.2, -0.15) is 18.3 Å². The molecule has 1 atom stereocenters. The summed E-state index contributed by atoms with van der Waals surface area (Å²) < 4.78 is 39.8. The maximum atomic E-state index is 12.7. The first-order valence-corrected chi connectivity index (χ1v) is 7.13. The molecule has 114 valence electrons. The number of aromatic nitrogens is 2. The topological polar surface area (TPSA) is 29.9 Å². The zero-order valence-electron chi connectivity index (χ0n) is 11.5. The molecule has 1 unspecified atom stereocenters. The van der Waals surface area contributed by atoms with E-state index < -0.39 is 12.1 Å². The molecule has 0 saturated heterocycles. The monoisotopic (exact) mass is 309 g/mol. The van der Waals surface area contributed by atoms with Crippen LogP contribution in [0.2, 0.25) is 5.02 Å². The minimum Gasteiger partial charge on any atom is -0.311 e. The van der Waals surface area contributed by atoms with Gasteiger partial charge in [-0.15, -0.1) is 0 Å². The summed E-state index contributed by atoms with van der Waals surface area (Å²) in [4.78, 5) is 0. The predicted molar refractivity (Wildman–Crippen MR) is 71.5 cm³/mol. The Morgan fingerprint density at radius 3 is 2.35 bits per heavy atom. The molecule has 20 heavy (non-hydrogen) atoms. The van der Waals surface area contributed by atoms with E-state index in [1.165, 1.54) is 0 Å². The Labute approximate surface area is 121 Å². The lowest BCUT2D eigenvalue weighted by Crippen LogP contribution is -2.34. The molecule has 0 bridgehead atoms. The number of rotatable bonds is 3. The number of aryl methyl sites for hydroxylation is 1. The summed E-state index contributed by atoms with van der Waals surface area (Å²) in [6.07, 6.45) is -0.995. The molecule has 0 aliphatic heterocycles. The van der Waals surface area contributed by atoms with Crippen LogP contribution in [0.3, 0.4) is 0 Å². The molecule has 0 aromatic carbocycles. The summed E-state index contributed by atoms with van der Waals surface area (Å²) in [6, 6.07) is -0.0517. The standard InChI is InChI=1S/C13H19ClF3N3/c1-18-11(12-10(14)7-19-20(12)2)8-3-5-9(6-4-8)13(15,16)17/h7-9,11,18H,3-6H2,1-2H3. The van der Waals surface area contributed by atoms with Crippen LogP contribution in [-0.2, 0) is 7.05 Å². The lowest BCUT2D eigenvalue weighted by Gasteiger charge is -2.34. The molecule has 7 heteroatoms. The number of halogens is 4. The van der Waals surface area contributed by atoms with Gasteiger partial charge in [0.1, 0.15) is 0 Å². The van der Waals surface area contributed by atoms with Gasteiger partial charge in [0.25, 0.3) is 0 Å². The van der Waals surface area contributed by atoms with Crippen LogP contribution in [0.15, 0.2) is 6.20 Å². The molecule has 1 saturated carbocycles. The molecule has 1 aliphatic rings. The fourth-order valence-corrected chi connectivity index (χ4v) is 3.43. The average Bonchev–Trinajstić information content (AvgIpc) is 2.71. The van der Waals surface area contributed by atoms with Crippen molar-refractivity contribution in [2.75, 3.05) is 7.05 Å². The molecule has 0 amide bonds. The van der Waals surface area contributed by atoms with E-state index in [1.807, 2.05) is 7.05 Å². The summed E-state index contributed by atoms with van der Waals surface area (Å²) in [5.74, 6) is -0.996. The maximum absolute atomic E-state index is 12.7. The molecular formula is C13H19ClF3N3. The second-order valence-electron chi connectivity index (χ2n) is 5.42. The van der Waals surface area contributed by atoms with Gasteiger partial charge in [0.2, 0.25) is 0 Å². The van der Waals surface area contributed by atoms with Crippen molar-refractivity contribution in [1.82, 2.24) is 15.1 Å². The number of hydrogen-bond acceptors (Lipinski definition) is 2. The third kappa shape index (κ3) is 3.11. The van der Waals surface area contributed by atoms with Crippen LogP contribution < -0.4 is 5.32 Å². The summed E-state index contributed by atoms with van der Waals surface area (Å²) >= 11 is 6.14. The second kappa shape index (κ2) is 5.93. The predicted octanol–water partition coefficient (Wildman–Crippen LogP) is 3.70. The molecule has 1 fully saturated rings. The number of nitrogens with zero attached hydrogens (tertiary/aromatic N) is 2. The van der Waals surface area contributed by atoms with E-state index in [1.54, 1.807) is 17.9 Å². The molecule has 1 heterocycles. The lowest BCUT2D eigenvalue weighted by atomic mass is 9.77. The van der Waals surface area contributed by atoms with Crippen molar-refractivity contribution in [2.45, 2.75) is 37.9 Å². The average molecular weight is 310 g/mol. The highest BCUT2D eigenvalue weighted by molar-refractivity contribution is 6.31. The van der Waals surface area contributed by atoms with Gasteiger partial charge in [0, 0.05) is 7.05 Å². The first-order chi connectivity index (χ1) is 9.34. The molecule has 3 nitrogen and oxygen atoms in total. The van der Waals surface area contributed by atoms with Crippen molar-refractivity contribution < 1.29 is 13.2 Å². The SMILES string of the molecule is CNC(c1c(Cl)cnn1C)C1CCC(C(F)(F)F)CC1. The third-order valence-electron chi connectivity index (χ3n) is 4.25. The minimum atomic E-state index is -4.07.